The minimum atomic E-state index is 0.833. The maximum absolute atomic E-state index is 5.27. The van der Waals surface area contributed by atoms with Gasteiger partial charge in [0.05, 0.1) is 19.8 Å². The van der Waals surface area contributed by atoms with E-state index in [1.165, 1.54) is 5.69 Å². The summed E-state index contributed by atoms with van der Waals surface area (Å²) >= 11 is 0. The molecule has 0 bridgehead atoms. The van der Waals surface area contributed by atoms with Crippen LogP contribution >= 0.6 is 0 Å². The van der Waals surface area contributed by atoms with Crippen LogP contribution in [0.3, 0.4) is 0 Å². The fourth-order valence-corrected chi connectivity index (χ4v) is 1.59. The fourth-order valence-electron chi connectivity index (χ4n) is 1.59. The maximum atomic E-state index is 5.27. The molecule has 1 aromatic heterocycles. The van der Waals surface area contributed by atoms with Crippen molar-refractivity contribution >= 4 is 0 Å². The molecule has 0 atom stereocenters. The van der Waals surface area contributed by atoms with Crippen molar-refractivity contribution in [1.82, 2.24) is 15.0 Å². The van der Waals surface area contributed by atoms with Crippen molar-refractivity contribution in [2.45, 2.75) is 6.54 Å². The zero-order valence-electron chi connectivity index (χ0n) is 8.57. The molecule has 1 aliphatic heterocycles. The molecule has 1 aliphatic rings. The zero-order valence-corrected chi connectivity index (χ0v) is 8.57. The number of aryl methyl sites for hydroxylation is 1. The molecule has 2 rings (SSSR count). The van der Waals surface area contributed by atoms with Crippen LogP contribution < -0.4 is 5.43 Å². The van der Waals surface area contributed by atoms with Crippen LogP contribution in [0, 0.1) is 0 Å². The standard InChI is InChI=1S/C10H17N3O/c1-12-4-2-3-10(12)9-11-13-5-7-14-8-6-13/h2-4,11H,5-9H2,1H3. The number of hydrogen-bond donors (Lipinski definition) is 1. The Labute approximate surface area is 84.4 Å². The van der Waals surface area contributed by atoms with Gasteiger partial charge in [0, 0.05) is 32.0 Å². The molecule has 2 heterocycles. The number of ether oxygens (including phenoxy) is 1. The molecular weight excluding hydrogens is 178 g/mol. The Morgan fingerprint density at radius 3 is 2.86 bits per heavy atom. The summed E-state index contributed by atoms with van der Waals surface area (Å²) in [7, 11) is 2.07. The van der Waals surface area contributed by atoms with Gasteiger partial charge < -0.3 is 9.30 Å². The SMILES string of the molecule is Cn1cccc1CNN1CCOCC1. The second-order valence-electron chi connectivity index (χ2n) is 3.54. The monoisotopic (exact) mass is 195 g/mol. The summed E-state index contributed by atoms with van der Waals surface area (Å²) in [4.78, 5) is 0. The van der Waals surface area contributed by atoms with Crippen LogP contribution in [0.4, 0.5) is 0 Å². The molecule has 4 heteroatoms. The minimum absolute atomic E-state index is 0.833. The molecule has 4 nitrogen and oxygen atoms in total. The topological polar surface area (TPSA) is 29.4 Å². The summed E-state index contributed by atoms with van der Waals surface area (Å²) in [6.45, 7) is 4.51. The lowest BCUT2D eigenvalue weighted by Crippen LogP contribution is -2.45. The summed E-state index contributed by atoms with van der Waals surface area (Å²) in [5.41, 5.74) is 4.70. The van der Waals surface area contributed by atoms with Gasteiger partial charge in [0.1, 0.15) is 0 Å². The number of nitrogens with one attached hydrogen (secondary N) is 1. The first kappa shape index (κ1) is 9.71. The van der Waals surface area contributed by atoms with Gasteiger partial charge in [-0.15, -0.1) is 0 Å². The van der Waals surface area contributed by atoms with Crippen molar-refractivity contribution in [2.75, 3.05) is 26.3 Å². The Kier molecular flexibility index (Phi) is 3.18. The van der Waals surface area contributed by atoms with E-state index >= 15 is 0 Å². The number of aromatic nitrogens is 1. The van der Waals surface area contributed by atoms with E-state index in [4.69, 9.17) is 4.74 Å². The van der Waals surface area contributed by atoms with Crippen LogP contribution in [0.15, 0.2) is 18.3 Å². The van der Waals surface area contributed by atoms with Crippen LogP contribution in [0.5, 0.6) is 0 Å². The van der Waals surface area contributed by atoms with Gasteiger partial charge in [-0.2, -0.15) is 0 Å². The number of morpholine rings is 1. The van der Waals surface area contributed by atoms with Gasteiger partial charge in [-0.05, 0) is 12.1 Å². The molecule has 0 radical (unpaired) electrons. The smallest absolute Gasteiger partial charge is 0.0608 e. The lowest BCUT2D eigenvalue weighted by Gasteiger charge is -2.27. The van der Waals surface area contributed by atoms with E-state index in [1.54, 1.807) is 0 Å². The number of hydrogen-bond acceptors (Lipinski definition) is 3. The number of nitrogens with zero attached hydrogens (tertiary/aromatic N) is 2. The fraction of sp³-hybridized carbons (Fsp3) is 0.600. The van der Waals surface area contributed by atoms with E-state index < -0.39 is 0 Å². The first-order valence-electron chi connectivity index (χ1n) is 5.02. The molecule has 1 fully saturated rings. The Bertz CT molecular complexity index is 279. The lowest BCUT2D eigenvalue weighted by molar-refractivity contribution is 0.0102. The van der Waals surface area contributed by atoms with E-state index in [0.29, 0.717) is 0 Å². The van der Waals surface area contributed by atoms with Gasteiger partial charge in [0.2, 0.25) is 0 Å². The van der Waals surface area contributed by atoms with Crippen LogP contribution in [0.1, 0.15) is 5.69 Å². The largest absolute Gasteiger partial charge is 0.379 e. The summed E-state index contributed by atoms with van der Waals surface area (Å²) in [5.74, 6) is 0. The molecule has 0 saturated carbocycles. The molecule has 0 aromatic carbocycles. The quantitative estimate of drug-likeness (QED) is 0.755. The van der Waals surface area contributed by atoms with Crippen molar-refractivity contribution < 1.29 is 4.74 Å². The zero-order chi connectivity index (χ0) is 9.80. The maximum Gasteiger partial charge on any atom is 0.0608 e. The predicted molar refractivity (Wildman–Crippen MR) is 54.6 cm³/mol. The van der Waals surface area contributed by atoms with Crippen LogP contribution in [0.25, 0.3) is 0 Å². The third kappa shape index (κ3) is 2.35. The van der Waals surface area contributed by atoms with Crippen molar-refractivity contribution in [3.05, 3.63) is 24.0 Å². The Hall–Kier alpha value is -0.840. The Balaban J connectivity index is 1.79. The van der Waals surface area contributed by atoms with Gasteiger partial charge in [-0.3, -0.25) is 0 Å². The highest BCUT2D eigenvalue weighted by Crippen LogP contribution is 2.00. The molecule has 0 unspecified atom stereocenters. The van der Waals surface area contributed by atoms with E-state index in [9.17, 15) is 0 Å². The second kappa shape index (κ2) is 4.59. The summed E-state index contributed by atoms with van der Waals surface area (Å²) in [5, 5.41) is 2.22. The molecule has 1 saturated heterocycles. The van der Waals surface area contributed by atoms with Crippen LogP contribution in [-0.4, -0.2) is 35.9 Å². The van der Waals surface area contributed by atoms with Crippen molar-refractivity contribution in [3.8, 4) is 0 Å². The van der Waals surface area contributed by atoms with Gasteiger partial charge in [0.15, 0.2) is 0 Å². The third-order valence-electron chi connectivity index (χ3n) is 2.55. The Morgan fingerprint density at radius 2 is 2.21 bits per heavy atom. The van der Waals surface area contributed by atoms with E-state index in [0.717, 1.165) is 32.8 Å². The van der Waals surface area contributed by atoms with Crippen LogP contribution in [0.2, 0.25) is 0 Å². The van der Waals surface area contributed by atoms with E-state index in [-0.39, 0.29) is 0 Å². The predicted octanol–water partition coefficient (Wildman–Crippen LogP) is 0.362. The Morgan fingerprint density at radius 1 is 1.43 bits per heavy atom. The van der Waals surface area contributed by atoms with Crippen molar-refractivity contribution in [1.29, 1.82) is 0 Å². The highest BCUT2D eigenvalue weighted by molar-refractivity contribution is 5.05. The average Bonchev–Trinajstić information content (AvgIpc) is 2.63. The minimum Gasteiger partial charge on any atom is -0.379 e. The van der Waals surface area contributed by atoms with E-state index in [1.807, 2.05) is 0 Å². The molecule has 1 N–H and O–H groups in total. The molecule has 14 heavy (non-hydrogen) atoms. The van der Waals surface area contributed by atoms with Crippen LogP contribution in [-0.2, 0) is 18.3 Å². The van der Waals surface area contributed by atoms with E-state index in [2.05, 4.69) is 40.4 Å². The first-order chi connectivity index (χ1) is 6.86. The summed E-state index contributed by atoms with van der Waals surface area (Å²) in [6, 6.07) is 4.20. The number of rotatable bonds is 3. The third-order valence-corrected chi connectivity index (χ3v) is 2.55. The van der Waals surface area contributed by atoms with Crippen molar-refractivity contribution in [2.24, 2.45) is 7.05 Å². The highest BCUT2D eigenvalue weighted by atomic mass is 16.5. The molecule has 0 aliphatic carbocycles. The van der Waals surface area contributed by atoms with Gasteiger partial charge in [-0.25, -0.2) is 10.4 Å². The first-order valence-corrected chi connectivity index (χ1v) is 5.02. The molecule has 1 aromatic rings. The highest BCUT2D eigenvalue weighted by Gasteiger charge is 2.09. The van der Waals surface area contributed by atoms with Gasteiger partial charge in [0.25, 0.3) is 0 Å². The lowest BCUT2D eigenvalue weighted by atomic mass is 10.4. The molecule has 0 spiro atoms. The van der Waals surface area contributed by atoms with Gasteiger partial charge >= 0.3 is 0 Å². The van der Waals surface area contributed by atoms with Crippen molar-refractivity contribution in [3.63, 3.8) is 0 Å². The number of hydrazine groups is 1. The molecule has 78 valence electrons. The normalized spacial score (nSPS) is 18.6. The summed E-state index contributed by atoms with van der Waals surface area (Å²) < 4.78 is 7.41. The second-order valence-corrected chi connectivity index (χ2v) is 3.54. The molecular formula is C10H17N3O. The molecule has 0 amide bonds. The average molecular weight is 195 g/mol. The van der Waals surface area contributed by atoms with Gasteiger partial charge in [-0.1, -0.05) is 0 Å². The summed E-state index contributed by atoms with van der Waals surface area (Å²) in [6.07, 6.45) is 2.07.